The van der Waals surface area contributed by atoms with E-state index in [1.54, 1.807) is 0 Å². The number of aryl methyl sites for hydroxylation is 1. The molecule has 2 N–H and O–H groups in total. The van der Waals surface area contributed by atoms with Gasteiger partial charge in [-0.25, -0.2) is 0 Å². The molecule has 2 rings (SSSR count). The number of carbonyl (C=O) groups is 1. The molecule has 19 heavy (non-hydrogen) atoms. The van der Waals surface area contributed by atoms with E-state index in [4.69, 9.17) is 0 Å². The summed E-state index contributed by atoms with van der Waals surface area (Å²) in [4.78, 5) is 11.9. The summed E-state index contributed by atoms with van der Waals surface area (Å²) in [6.07, 6.45) is 5.28. The monoisotopic (exact) mass is 260 g/mol. The summed E-state index contributed by atoms with van der Waals surface area (Å²) < 4.78 is 0. The molecular weight excluding hydrogens is 236 g/mol. The minimum atomic E-state index is 0.0409. The lowest BCUT2D eigenvalue weighted by molar-refractivity contribution is -0.115. The van der Waals surface area contributed by atoms with Crippen LogP contribution in [0.5, 0.6) is 0 Å². The average Bonchev–Trinajstić information content (AvgIpc) is 2.93. The van der Waals surface area contributed by atoms with Crippen molar-refractivity contribution >= 4 is 11.6 Å². The van der Waals surface area contributed by atoms with Crippen LogP contribution in [0.2, 0.25) is 0 Å². The van der Waals surface area contributed by atoms with E-state index in [0.717, 1.165) is 17.2 Å². The second kappa shape index (κ2) is 6.71. The zero-order chi connectivity index (χ0) is 13.7. The second-order valence-corrected chi connectivity index (χ2v) is 5.58. The van der Waals surface area contributed by atoms with E-state index in [9.17, 15) is 4.79 Å². The van der Waals surface area contributed by atoms with Crippen molar-refractivity contribution in [2.75, 3.05) is 11.9 Å². The minimum Gasteiger partial charge on any atom is -0.325 e. The summed E-state index contributed by atoms with van der Waals surface area (Å²) in [6, 6.07) is 8.30. The van der Waals surface area contributed by atoms with Gasteiger partial charge in [-0.05, 0) is 44.2 Å². The predicted octanol–water partition coefficient (Wildman–Crippen LogP) is 3.10. The van der Waals surface area contributed by atoms with Crippen LogP contribution in [0.25, 0.3) is 0 Å². The highest BCUT2D eigenvalue weighted by atomic mass is 16.1. The fourth-order valence-electron chi connectivity index (χ4n) is 2.79. The first kappa shape index (κ1) is 14.1. The first-order valence-electron chi connectivity index (χ1n) is 7.25. The van der Waals surface area contributed by atoms with Crippen LogP contribution >= 0.6 is 0 Å². The van der Waals surface area contributed by atoms with Gasteiger partial charge in [0.15, 0.2) is 0 Å². The van der Waals surface area contributed by atoms with Crippen LogP contribution in [0.15, 0.2) is 24.3 Å². The van der Waals surface area contributed by atoms with Gasteiger partial charge in [0.1, 0.15) is 0 Å². The second-order valence-electron chi connectivity index (χ2n) is 5.58. The molecule has 1 aromatic carbocycles. The molecule has 0 spiro atoms. The van der Waals surface area contributed by atoms with Crippen LogP contribution in [-0.2, 0) is 4.79 Å². The van der Waals surface area contributed by atoms with Crippen LogP contribution in [0, 0.1) is 12.8 Å². The van der Waals surface area contributed by atoms with E-state index in [1.165, 1.54) is 25.7 Å². The number of amides is 1. The lowest BCUT2D eigenvalue weighted by Crippen LogP contribution is -2.38. The van der Waals surface area contributed by atoms with Crippen molar-refractivity contribution < 1.29 is 4.79 Å². The Balaban J connectivity index is 1.77. The highest BCUT2D eigenvalue weighted by Crippen LogP contribution is 2.27. The van der Waals surface area contributed by atoms with Crippen LogP contribution < -0.4 is 10.6 Å². The Morgan fingerprint density at radius 2 is 2.00 bits per heavy atom. The lowest BCUT2D eigenvalue weighted by atomic mass is 10.00. The molecule has 3 nitrogen and oxygen atoms in total. The van der Waals surface area contributed by atoms with Crippen molar-refractivity contribution in [2.45, 2.75) is 45.6 Å². The van der Waals surface area contributed by atoms with Crippen molar-refractivity contribution in [1.82, 2.24) is 5.32 Å². The fourth-order valence-corrected chi connectivity index (χ4v) is 2.79. The Morgan fingerprint density at radius 1 is 1.32 bits per heavy atom. The summed E-state index contributed by atoms with van der Waals surface area (Å²) in [5.41, 5.74) is 2.00. The standard InChI is InChI=1S/C16H24N2O/c1-12-7-3-6-10-15(12)18-16(19)11-17-13(2)14-8-4-5-9-14/h3,6-7,10,13-14,17H,4-5,8-9,11H2,1-2H3,(H,18,19)/t13-/m1/s1. The third-order valence-electron chi connectivity index (χ3n) is 4.11. The molecule has 0 aromatic heterocycles. The Bertz CT molecular complexity index is 425. The maximum atomic E-state index is 11.9. The average molecular weight is 260 g/mol. The number of benzene rings is 1. The van der Waals surface area contributed by atoms with Crippen LogP contribution in [0.4, 0.5) is 5.69 Å². The molecule has 0 heterocycles. The summed E-state index contributed by atoms with van der Waals surface area (Å²) in [7, 11) is 0. The van der Waals surface area contributed by atoms with Gasteiger partial charge >= 0.3 is 0 Å². The van der Waals surface area contributed by atoms with Crippen LogP contribution in [-0.4, -0.2) is 18.5 Å². The van der Waals surface area contributed by atoms with Gasteiger partial charge in [-0.1, -0.05) is 31.0 Å². The van der Waals surface area contributed by atoms with Gasteiger partial charge in [0.05, 0.1) is 6.54 Å². The largest absolute Gasteiger partial charge is 0.325 e. The van der Waals surface area contributed by atoms with Crippen molar-refractivity contribution in [1.29, 1.82) is 0 Å². The minimum absolute atomic E-state index is 0.0409. The molecule has 0 aliphatic heterocycles. The number of para-hydroxylation sites is 1. The van der Waals surface area contributed by atoms with Crippen molar-refractivity contribution in [3.05, 3.63) is 29.8 Å². The Kier molecular flexibility index (Phi) is 4.97. The van der Waals surface area contributed by atoms with E-state index in [-0.39, 0.29) is 5.91 Å². The van der Waals surface area contributed by atoms with E-state index >= 15 is 0 Å². The van der Waals surface area contributed by atoms with Gasteiger partial charge in [0.25, 0.3) is 0 Å². The number of anilines is 1. The maximum absolute atomic E-state index is 11.9. The molecule has 1 atom stereocenters. The third-order valence-corrected chi connectivity index (χ3v) is 4.11. The van der Waals surface area contributed by atoms with E-state index in [1.807, 2.05) is 31.2 Å². The molecular formula is C16H24N2O. The van der Waals surface area contributed by atoms with Crippen molar-refractivity contribution in [3.8, 4) is 0 Å². The zero-order valence-electron chi connectivity index (χ0n) is 11.9. The highest BCUT2D eigenvalue weighted by Gasteiger charge is 2.21. The number of rotatable bonds is 5. The molecule has 0 saturated heterocycles. The highest BCUT2D eigenvalue weighted by molar-refractivity contribution is 5.92. The lowest BCUT2D eigenvalue weighted by Gasteiger charge is -2.20. The van der Waals surface area contributed by atoms with Crippen molar-refractivity contribution in [2.24, 2.45) is 5.92 Å². The van der Waals surface area contributed by atoms with Gasteiger partial charge < -0.3 is 10.6 Å². The number of hydrogen-bond donors (Lipinski definition) is 2. The maximum Gasteiger partial charge on any atom is 0.238 e. The first-order valence-corrected chi connectivity index (χ1v) is 7.25. The summed E-state index contributed by atoms with van der Waals surface area (Å²) in [6.45, 7) is 4.59. The van der Waals surface area contributed by atoms with Gasteiger partial charge in [-0.2, -0.15) is 0 Å². The molecule has 1 aromatic rings. The van der Waals surface area contributed by atoms with Crippen LogP contribution in [0.1, 0.15) is 38.2 Å². The Labute approximate surface area is 115 Å². The summed E-state index contributed by atoms with van der Waals surface area (Å²) >= 11 is 0. The number of hydrogen-bond acceptors (Lipinski definition) is 2. The molecule has 1 fully saturated rings. The molecule has 1 aliphatic rings. The molecule has 1 saturated carbocycles. The number of nitrogens with one attached hydrogen (secondary N) is 2. The Morgan fingerprint density at radius 3 is 2.68 bits per heavy atom. The number of carbonyl (C=O) groups excluding carboxylic acids is 1. The van der Waals surface area contributed by atoms with Gasteiger partial charge in [-0.15, -0.1) is 0 Å². The molecule has 0 bridgehead atoms. The van der Waals surface area contributed by atoms with E-state index in [2.05, 4.69) is 17.6 Å². The fraction of sp³-hybridized carbons (Fsp3) is 0.562. The van der Waals surface area contributed by atoms with Crippen molar-refractivity contribution in [3.63, 3.8) is 0 Å². The topological polar surface area (TPSA) is 41.1 Å². The molecule has 104 valence electrons. The van der Waals surface area contributed by atoms with Crippen LogP contribution in [0.3, 0.4) is 0 Å². The smallest absolute Gasteiger partial charge is 0.238 e. The van der Waals surface area contributed by atoms with Gasteiger partial charge in [0, 0.05) is 11.7 Å². The van der Waals surface area contributed by atoms with E-state index in [0.29, 0.717) is 12.6 Å². The summed E-state index contributed by atoms with van der Waals surface area (Å²) in [5.74, 6) is 0.783. The quantitative estimate of drug-likeness (QED) is 0.854. The van der Waals surface area contributed by atoms with Gasteiger partial charge in [0.2, 0.25) is 5.91 Å². The molecule has 1 amide bonds. The normalized spacial score (nSPS) is 17.4. The third kappa shape index (κ3) is 4.06. The predicted molar refractivity (Wildman–Crippen MR) is 79.2 cm³/mol. The molecule has 0 unspecified atom stereocenters. The molecule has 0 radical (unpaired) electrons. The van der Waals surface area contributed by atoms with Gasteiger partial charge in [-0.3, -0.25) is 4.79 Å². The SMILES string of the molecule is Cc1ccccc1NC(=O)CN[C@H](C)C1CCCC1. The Hall–Kier alpha value is -1.35. The van der Waals surface area contributed by atoms with E-state index < -0.39 is 0 Å². The summed E-state index contributed by atoms with van der Waals surface area (Å²) in [5, 5.41) is 6.31. The first-order chi connectivity index (χ1) is 9.16. The zero-order valence-corrected chi connectivity index (χ0v) is 11.9. The molecule has 1 aliphatic carbocycles. The molecule has 3 heteroatoms.